The fourth-order valence-corrected chi connectivity index (χ4v) is 3.62. The molecular formula is C17H25N2O3+. The van der Waals surface area contributed by atoms with Gasteiger partial charge in [-0.2, -0.15) is 0 Å². The molecule has 5 heteroatoms. The smallest absolute Gasteiger partial charge is 0.279 e. The van der Waals surface area contributed by atoms with E-state index in [9.17, 15) is 4.79 Å². The molecule has 0 radical (unpaired) electrons. The van der Waals surface area contributed by atoms with Crippen molar-refractivity contribution in [1.82, 2.24) is 0 Å². The van der Waals surface area contributed by atoms with E-state index in [1.54, 1.807) is 0 Å². The Morgan fingerprint density at radius 3 is 2.59 bits per heavy atom. The summed E-state index contributed by atoms with van der Waals surface area (Å²) < 4.78 is 11.0. The van der Waals surface area contributed by atoms with Crippen LogP contribution in [0.1, 0.15) is 20.3 Å². The minimum Gasteiger partial charge on any atom is -0.486 e. The average molecular weight is 305 g/mol. The third kappa shape index (κ3) is 3.71. The van der Waals surface area contributed by atoms with Crippen LogP contribution in [0.4, 0.5) is 5.69 Å². The molecule has 2 N–H and O–H groups in total. The molecule has 1 aromatic carbocycles. The van der Waals surface area contributed by atoms with E-state index in [0.29, 0.717) is 37.3 Å². The molecule has 22 heavy (non-hydrogen) atoms. The number of carbonyl (C=O) groups excluding carboxylic acids is 1. The van der Waals surface area contributed by atoms with Gasteiger partial charge in [0.25, 0.3) is 5.91 Å². The standard InChI is InChI=1S/C17H24N2O3/c1-12-7-13(2)10-19(9-12)11-17(20)18-14-3-4-15-16(8-14)22-6-5-21-15/h3-4,8,12-13H,5-7,9-11H2,1-2H3,(H,18,20)/p+1. The lowest BCUT2D eigenvalue weighted by Gasteiger charge is -2.31. The highest BCUT2D eigenvalue weighted by Crippen LogP contribution is 2.32. The number of quaternary nitrogens is 1. The van der Waals surface area contributed by atoms with Gasteiger partial charge in [0, 0.05) is 23.6 Å². The number of hydrogen-bond acceptors (Lipinski definition) is 3. The summed E-state index contributed by atoms with van der Waals surface area (Å²) in [6, 6.07) is 5.55. The van der Waals surface area contributed by atoms with E-state index in [-0.39, 0.29) is 5.91 Å². The van der Waals surface area contributed by atoms with Crippen LogP contribution in [0.2, 0.25) is 0 Å². The average Bonchev–Trinajstić information content (AvgIpc) is 2.45. The molecule has 0 saturated carbocycles. The van der Waals surface area contributed by atoms with Gasteiger partial charge in [0.05, 0.1) is 13.1 Å². The van der Waals surface area contributed by atoms with Crippen molar-refractivity contribution >= 4 is 11.6 Å². The number of rotatable bonds is 3. The van der Waals surface area contributed by atoms with Gasteiger partial charge in [-0.05, 0) is 18.6 Å². The Balaban J connectivity index is 1.57. The van der Waals surface area contributed by atoms with Crippen molar-refractivity contribution in [2.75, 3.05) is 38.2 Å². The van der Waals surface area contributed by atoms with Gasteiger partial charge in [-0.25, -0.2) is 0 Å². The first-order valence-corrected chi connectivity index (χ1v) is 8.13. The Morgan fingerprint density at radius 1 is 1.18 bits per heavy atom. The van der Waals surface area contributed by atoms with E-state index in [1.165, 1.54) is 11.3 Å². The molecule has 1 fully saturated rings. The van der Waals surface area contributed by atoms with E-state index in [2.05, 4.69) is 19.2 Å². The molecule has 2 atom stereocenters. The summed E-state index contributed by atoms with van der Waals surface area (Å²) in [5.41, 5.74) is 0.770. The maximum atomic E-state index is 12.3. The van der Waals surface area contributed by atoms with Crippen LogP contribution in [0.15, 0.2) is 18.2 Å². The van der Waals surface area contributed by atoms with Crippen molar-refractivity contribution in [1.29, 1.82) is 0 Å². The first kappa shape index (κ1) is 15.2. The molecular weight excluding hydrogens is 280 g/mol. The number of fused-ring (bicyclic) bond motifs is 1. The maximum Gasteiger partial charge on any atom is 0.279 e. The molecule has 0 spiro atoms. The van der Waals surface area contributed by atoms with Crippen LogP contribution in [-0.2, 0) is 4.79 Å². The van der Waals surface area contributed by atoms with Crippen molar-refractivity contribution in [3.8, 4) is 11.5 Å². The topological polar surface area (TPSA) is 52.0 Å². The largest absolute Gasteiger partial charge is 0.486 e. The molecule has 1 aromatic rings. The summed E-state index contributed by atoms with van der Waals surface area (Å²) in [6.07, 6.45) is 1.27. The van der Waals surface area contributed by atoms with Crippen LogP contribution in [0.25, 0.3) is 0 Å². The summed E-state index contributed by atoms with van der Waals surface area (Å²) in [7, 11) is 0. The summed E-state index contributed by atoms with van der Waals surface area (Å²) in [5, 5.41) is 2.97. The summed E-state index contributed by atoms with van der Waals surface area (Å²) in [5.74, 6) is 2.90. The number of benzene rings is 1. The van der Waals surface area contributed by atoms with E-state index in [0.717, 1.165) is 24.5 Å². The molecule has 3 rings (SSSR count). The van der Waals surface area contributed by atoms with Crippen molar-refractivity contribution in [3.63, 3.8) is 0 Å². The highest BCUT2D eigenvalue weighted by molar-refractivity contribution is 5.91. The Labute approximate surface area is 131 Å². The fourth-order valence-electron chi connectivity index (χ4n) is 3.62. The summed E-state index contributed by atoms with van der Waals surface area (Å²) in [4.78, 5) is 13.6. The maximum absolute atomic E-state index is 12.3. The van der Waals surface area contributed by atoms with Crippen LogP contribution < -0.4 is 19.7 Å². The molecule has 1 amide bonds. The number of ether oxygens (including phenoxy) is 2. The zero-order chi connectivity index (χ0) is 15.5. The quantitative estimate of drug-likeness (QED) is 0.874. The predicted octanol–water partition coefficient (Wildman–Crippen LogP) is 0.957. The second-order valence-electron chi connectivity index (χ2n) is 6.69. The Kier molecular flexibility index (Phi) is 4.52. The second kappa shape index (κ2) is 6.57. The van der Waals surface area contributed by atoms with Crippen molar-refractivity contribution in [2.24, 2.45) is 11.8 Å². The lowest BCUT2D eigenvalue weighted by Crippen LogP contribution is -3.15. The van der Waals surface area contributed by atoms with Gasteiger partial charge in [-0.15, -0.1) is 0 Å². The van der Waals surface area contributed by atoms with Gasteiger partial charge in [0.15, 0.2) is 18.0 Å². The monoisotopic (exact) mass is 305 g/mol. The lowest BCUT2D eigenvalue weighted by atomic mass is 9.92. The van der Waals surface area contributed by atoms with E-state index in [4.69, 9.17) is 9.47 Å². The normalized spacial score (nSPS) is 27.3. The van der Waals surface area contributed by atoms with Gasteiger partial charge in [0.2, 0.25) is 0 Å². The SMILES string of the molecule is CC1CC(C)C[NH+](CC(=O)Nc2ccc3c(c2)OCCO3)C1. The van der Waals surface area contributed by atoms with Gasteiger partial charge in [-0.3, -0.25) is 4.79 Å². The molecule has 2 aliphatic rings. The van der Waals surface area contributed by atoms with Crippen molar-refractivity contribution < 1.29 is 19.2 Å². The molecule has 5 nitrogen and oxygen atoms in total. The highest BCUT2D eigenvalue weighted by atomic mass is 16.6. The summed E-state index contributed by atoms with van der Waals surface area (Å²) >= 11 is 0. The number of anilines is 1. The summed E-state index contributed by atoms with van der Waals surface area (Å²) in [6.45, 7) is 8.37. The number of piperidine rings is 1. The third-order valence-electron chi connectivity index (χ3n) is 4.32. The van der Waals surface area contributed by atoms with Gasteiger partial charge in [-0.1, -0.05) is 13.8 Å². The molecule has 2 aliphatic heterocycles. The van der Waals surface area contributed by atoms with E-state index < -0.39 is 0 Å². The lowest BCUT2D eigenvalue weighted by molar-refractivity contribution is -0.904. The number of hydrogen-bond donors (Lipinski definition) is 2. The number of nitrogens with one attached hydrogen (secondary N) is 2. The minimum atomic E-state index is 0.0629. The number of amides is 1. The molecule has 0 aromatic heterocycles. The van der Waals surface area contributed by atoms with Crippen LogP contribution in [0.5, 0.6) is 11.5 Å². The molecule has 2 heterocycles. The molecule has 0 bridgehead atoms. The van der Waals surface area contributed by atoms with E-state index >= 15 is 0 Å². The number of likely N-dealkylation sites (tertiary alicyclic amines) is 1. The van der Waals surface area contributed by atoms with Crippen LogP contribution >= 0.6 is 0 Å². The van der Waals surface area contributed by atoms with E-state index in [1.807, 2.05) is 18.2 Å². The zero-order valence-electron chi connectivity index (χ0n) is 13.4. The molecule has 1 saturated heterocycles. The second-order valence-corrected chi connectivity index (χ2v) is 6.69. The van der Waals surface area contributed by atoms with Crippen molar-refractivity contribution in [2.45, 2.75) is 20.3 Å². The van der Waals surface area contributed by atoms with Crippen LogP contribution in [0.3, 0.4) is 0 Å². The van der Waals surface area contributed by atoms with Gasteiger partial charge >= 0.3 is 0 Å². The van der Waals surface area contributed by atoms with Gasteiger partial charge < -0.3 is 19.7 Å². The number of carbonyl (C=O) groups is 1. The first-order chi connectivity index (χ1) is 10.6. The Hall–Kier alpha value is -1.75. The zero-order valence-corrected chi connectivity index (χ0v) is 13.4. The van der Waals surface area contributed by atoms with Crippen LogP contribution in [-0.4, -0.2) is 38.8 Å². The minimum absolute atomic E-state index is 0.0629. The van der Waals surface area contributed by atoms with Crippen molar-refractivity contribution in [3.05, 3.63) is 18.2 Å². The molecule has 0 aliphatic carbocycles. The van der Waals surface area contributed by atoms with Crippen LogP contribution in [0, 0.1) is 11.8 Å². The highest BCUT2D eigenvalue weighted by Gasteiger charge is 2.26. The fraction of sp³-hybridized carbons (Fsp3) is 0.588. The molecule has 2 unspecified atom stereocenters. The predicted molar refractivity (Wildman–Crippen MR) is 84.6 cm³/mol. The third-order valence-corrected chi connectivity index (χ3v) is 4.32. The van der Waals surface area contributed by atoms with Gasteiger partial charge in [0.1, 0.15) is 13.2 Å². The Bertz CT molecular complexity index is 537. The first-order valence-electron chi connectivity index (χ1n) is 8.13. The Morgan fingerprint density at radius 2 is 1.86 bits per heavy atom. The molecule has 120 valence electrons.